The average molecular weight is 336 g/mol. The second-order valence-electron chi connectivity index (χ2n) is 6.68. The molecular formula is C16H34ClN3O2. The maximum Gasteiger partial charge on any atom is 0.240 e. The molecule has 1 heterocycles. The van der Waals surface area contributed by atoms with Crippen LogP contribution in [0.25, 0.3) is 0 Å². The van der Waals surface area contributed by atoms with Crippen molar-refractivity contribution in [2.75, 3.05) is 26.2 Å². The van der Waals surface area contributed by atoms with Crippen molar-refractivity contribution in [1.29, 1.82) is 0 Å². The van der Waals surface area contributed by atoms with Gasteiger partial charge >= 0.3 is 0 Å². The van der Waals surface area contributed by atoms with E-state index in [1.807, 2.05) is 6.92 Å². The summed E-state index contributed by atoms with van der Waals surface area (Å²) in [6, 6.07) is 0.263. The first-order valence-electron chi connectivity index (χ1n) is 8.29. The summed E-state index contributed by atoms with van der Waals surface area (Å²) >= 11 is 0. The zero-order chi connectivity index (χ0) is 15.9. The highest BCUT2D eigenvalue weighted by molar-refractivity contribution is 5.86. The van der Waals surface area contributed by atoms with E-state index in [1.165, 1.54) is 0 Å². The summed E-state index contributed by atoms with van der Waals surface area (Å²) in [7, 11) is 0. The number of amides is 1. The van der Waals surface area contributed by atoms with E-state index < -0.39 is 5.54 Å². The lowest BCUT2D eigenvalue weighted by Gasteiger charge is -2.34. The number of likely N-dealkylation sites (tertiary alicyclic amines) is 1. The van der Waals surface area contributed by atoms with Gasteiger partial charge in [0.25, 0.3) is 0 Å². The molecule has 0 radical (unpaired) electrons. The van der Waals surface area contributed by atoms with Gasteiger partial charge in [-0.15, -0.1) is 12.4 Å². The smallest absolute Gasteiger partial charge is 0.240 e. The molecule has 0 aromatic rings. The van der Waals surface area contributed by atoms with Crippen LogP contribution in [0.5, 0.6) is 0 Å². The Hall–Kier alpha value is -0.360. The number of rotatable bonds is 8. The van der Waals surface area contributed by atoms with E-state index in [-0.39, 0.29) is 24.4 Å². The highest BCUT2D eigenvalue weighted by atomic mass is 35.5. The second-order valence-corrected chi connectivity index (χ2v) is 6.68. The Balaban J connectivity index is 0.00000441. The molecule has 0 aromatic carbocycles. The van der Waals surface area contributed by atoms with Gasteiger partial charge in [-0.2, -0.15) is 0 Å². The normalized spacial score (nSPS) is 19.5. The molecule has 132 valence electrons. The number of hydrogen-bond acceptors (Lipinski definition) is 4. The Labute approximate surface area is 141 Å². The molecule has 6 heteroatoms. The molecule has 1 amide bonds. The van der Waals surface area contributed by atoms with Crippen LogP contribution in [0.15, 0.2) is 0 Å². The standard InChI is InChI=1S/C16H33N3O2.ClH/c1-5-8-16(4,17)15(20)18-14-6-9-19(10-7-14)11-12-21-13(2)3;/h13-14H,5-12,17H2,1-4H3,(H,18,20);1H. The average Bonchev–Trinajstić information content (AvgIpc) is 2.40. The summed E-state index contributed by atoms with van der Waals surface area (Å²) in [5, 5.41) is 3.12. The van der Waals surface area contributed by atoms with Crippen LogP contribution in [0.2, 0.25) is 0 Å². The molecule has 1 aliphatic heterocycles. The van der Waals surface area contributed by atoms with Gasteiger partial charge in [-0.05, 0) is 40.0 Å². The first kappa shape index (κ1) is 21.6. The molecule has 0 spiro atoms. The monoisotopic (exact) mass is 335 g/mol. The van der Waals surface area contributed by atoms with Crippen molar-refractivity contribution in [2.45, 2.75) is 71.1 Å². The molecular weight excluding hydrogens is 302 g/mol. The molecule has 1 saturated heterocycles. The number of hydrogen-bond donors (Lipinski definition) is 2. The fraction of sp³-hybridized carbons (Fsp3) is 0.938. The zero-order valence-electron chi connectivity index (χ0n) is 14.6. The van der Waals surface area contributed by atoms with Gasteiger partial charge in [-0.1, -0.05) is 13.3 Å². The number of nitrogens with one attached hydrogen (secondary N) is 1. The number of piperidine rings is 1. The van der Waals surface area contributed by atoms with Gasteiger partial charge < -0.3 is 20.7 Å². The van der Waals surface area contributed by atoms with E-state index in [1.54, 1.807) is 0 Å². The Morgan fingerprint density at radius 1 is 1.41 bits per heavy atom. The van der Waals surface area contributed by atoms with E-state index in [0.717, 1.165) is 51.9 Å². The summed E-state index contributed by atoms with van der Waals surface area (Å²) in [5.74, 6) is -0.00839. The van der Waals surface area contributed by atoms with Crippen molar-refractivity contribution in [1.82, 2.24) is 10.2 Å². The number of ether oxygens (including phenoxy) is 1. The number of halogens is 1. The van der Waals surface area contributed by atoms with Gasteiger partial charge in [0.05, 0.1) is 18.2 Å². The summed E-state index contributed by atoms with van der Waals surface area (Å²) < 4.78 is 5.58. The summed E-state index contributed by atoms with van der Waals surface area (Å²) in [5.41, 5.74) is 5.33. The first-order valence-corrected chi connectivity index (χ1v) is 8.29. The van der Waals surface area contributed by atoms with E-state index in [9.17, 15) is 4.79 Å². The molecule has 1 atom stereocenters. The number of carbonyl (C=O) groups excluding carboxylic acids is 1. The van der Waals surface area contributed by atoms with Crippen LogP contribution in [0.1, 0.15) is 53.4 Å². The van der Waals surface area contributed by atoms with Gasteiger partial charge in [0.1, 0.15) is 0 Å². The van der Waals surface area contributed by atoms with Crippen molar-refractivity contribution in [3.8, 4) is 0 Å². The lowest BCUT2D eigenvalue weighted by molar-refractivity contribution is -0.127. The van der Waals surface area contributed by atoms with Gasteiger partial charge in [0.2, 0.25) is 5.91 Å². The van der Waals surface area contributed by atoms with Crippen LogP contribution in [0.4, 0.5) is 0 Å². The largest absolute Gasteiger partial charge is 0.377 e. The fourth-order valence-corrected chi connectivity index (χ4v) is 2.70. The minimum absolute atomic E-state index is 0. The van der Waals surface area contributed by atoms with E-state index in [0.29, 0.717) is 6.10 Å². The number of carbonyl (C=O) groups is 1. The Kier molecular flexibility index (Phi) is 10.3. The summed E-state index contributed by atoms with van der Waals surface area (Å²) in [6.45, 7) is 11.8. The molecule has 0 saturated carbocycles. The van der Waals surface area contributed by atoms with Crippen molar-refractivity contribution in [3.63, 3.8) is 0 Å². The van der Waals surface area contributed by atoms with Gasteiger partial charge in [0, 0.05) is 25.7 Å². The van der Waals surface area contributed by atoms with Crippen molar-refractivity contribution in [2.24, 2.45) is 5.73 Å². The lowest BCUT2D eigenvalue weighted by Crippen LogP contribution is -2.56. The van der Waals surface area contributed by atoms with Crippen LogP contribution in [-0.4, -0.2) is 54.7 Å². The van der Waals surface area contributed by atoms with Gasteiger partial charge in [-0.3, -0.25) is 4.79 Å². The molecule has 0 bridgehead atoms. The van der Waals surface area contributed by atoms with Gasteiger partial charge in [0.15, 0.2) is 0 Å². The maximum absolute atomic E-state index is 12.2. The first-order chi connectivity index (χ1) is 9.85. The predicted molar refractivity (Wildman–Crippen MR) is 93.4 cm³/mol. The van der Waals surface area contributed by atoms with Crippen LogP contribution >= 0.6 is 12.4 Å². The Morgan fingerprint density at radius 2 is 2.00 bits per heavy atom. The minimum atomic E-state index is -0.739. The quantitative estimate of drug-likeness (QED) is 0.711. The molecule has 0 aromatic heterocycles. The molecule has 1 rings (SSSR count). The van der Waals surface area contributed by atoms with Crippen LogP contribution in [-0.2, 0) is 9.53 Å². The Morgan fingerprint density at radius 3 is 2.50 bits per heavy atom. The van der Waals surface area contributed by atoms with E-state index >= 15 is 0 Å². The number of nitrogens with zero attached hydrogens (tertiary/aromatic N) is 1. The molecule has 3 N–H and O–H groups in total. The molecule has 5 nitrogen and oxygen atoms in total. The van der Waals surface area contributed by atoms with Crippen molar-refractivity contribution in [3.05, 3.63) is 0 Å². The third-order valence-corrected chi connectivity index (χ3v) is 4.07. The molecule has 0 aliphatic carbocycles. The van der Waals surface area contributed by atoms with Crippen LogP contribution < -0.4 is 11.1 Å². The van der Waals surface area contributed by atoms with Crippen LogP contribution in [0.3, 0.4) is 0 Å². The van der Waals surface area contributed by atoms with Crippen molar-refractivity contribution >= 4 is 18.3 Å². The van der Waals surface area contributed by atoms with Crippen LogP contribution in [0, 0.1) is 0 Å². The topological polar surface area (TPSA) is 67.6 Å². The van der Waals surface area contributed by atoms with Gasteiger partial charge in [-0.25, -0.2) is 0 Å². The Bertz CT molecular complexity index is 317. The fourth-order valence-electron chi connectivity index (χ4n) is 2.70. The van der Waals surface area contributed by atoms with E-state index in [4.69, 9.17) is 10.5 Å². The summed E-state index contributed by atoms with van der Waals surface area (Å²) in [6.07, 6.45) is 3.94. The minimum Gasteiger partial charge on any atom is -0.377 e. The molecule has 1 fully saturated rings. The lowest BCUT2D eigenvalue weighted by atomic mass is 9.95. The molecule has 1 unspecified atom stereocenters. The third-order valence-electron chi connectivity index (χ3n) is 4.07. The highest BCUT2D eigenvalue weighted by Gasteiger charge is 2.30. The van der Waals surface area contributed by atoms with Crippen molar-refractivity contribution < 1.29 is 9.53 Å². The number of nitrogens with two attached hydrogens (primary N) is 1. The summed E-state index contributed by atoms with van der Waals surface area (Å²) in [4.78, 5) is 14.6. The molecule has 1 aliphatic rings. The predicted octanol–water partition coefficient (Wildman–Crippen LogP) is 1.93. The van der Waals surface area contributed by atoms with E-state index in [2.05, 4.69) is 31.0 Å². The maximum atomic E-state index is 12.2. The molecule has 22 heavy (non-hydrogen) atoms. The second kappa shape index (κ2) is 10.4. The third kappa shape index (κ3) is 7.77. The SMILES string of the molecule is CCCC(C)(N)C(=O)NC1CCN(CCOC(C)C)CC1.Cl. The zero-order valence-corrected chi connectivity index (χ0v) is 15.4. The highest BCUT2D eigenvalue weighted by Crippen LogP contribution is 2.13.